The van der Waals surface area contributed by atoms with E-state index in [1.54, 1.807) is 24.3 Å². The molecule has 0 aromatic heterocycles. The standard InChI is InChI=1S/C12H11ClO3/c13-7-11(14)8-3-5-10(6-4-8)16-12(15)9-1-2-9/h3-6,9H,1-2,7H2. The summed E-state index contributed by atoms with van der Waals surface area (Å²) in [7, 11) is 0. The average Bonchev–Trinajstić information content (AvgIpc) is 3.13. The van der Waals surface area contributed by atoms with Crippen molar-refractivity contribution in [3.63, 3.8) is 0 Å². The molecule has 0 spiro atoms. The van der Waals surface area contributed by atoms with E-state index in [0.29, 0.717) is 11.3 Å². The number of hydrogen-bond acceptors (Lipinski definition) is 3. The number of carbonyl (C=O) groups is 2. The Morgan fingerprint density at radius 1 is 1.25 bits per heavy atom. The summed E-state index contributed by atoms with van der Waals surface area (Å²) in [5.41, 5.74) is 0.529. The van der Waals surface area contributed by atoms with Crippen LogP contribution in [0.25, 0.3) is 0 Å². The van der Waals surface area contributed by atoms with Gasteiger partial charge in [0.2, 0.25) is 0 Å². The summed E-state index contributed by atoms with van der Waals surface area (Å²) in [6.07, 6.45) is 1.84. The number of esters is 1. The van der Waals surface area contributed by atoms with Gasteiger partial charge in [0.15, 0.2) is 5.78 Å². The van der Waals surface area contributed by atoms with Crippen molar-refractivity contribution in [1.29, 1.82) is 0 Å². The second-order valence-electron chi connectivity index (χ2n) is 3.78. The lowest BCUT2D eigenvalue weighted by atomic mass is 10.1. The molecule has 1 aromatic rings. The van der Waals surface area contributed by atoms with Crippen LogP contribution in [-0.4, -0.2) is 17.6 Å². The highest BCUT2D eigenvalue weighted by atomic mass is 35.5. The zero-order valence-electron chi connectivity index (χ0n) is 8.61. The van der Waals surface area contributed by atoms with E-state index in [1.807, 2.05) is 0 Å². The van der Waals surface area contributed by atoms with Crippen molar-refractivity contribution in [3.05, 3.63) is 29.8 Å². The maximum atomic E-state index is 11.3. The first-order chi connectivity index (χ1) is 7.70. The van der Waals surface area contributed by atoms with Crippen molar-refractivity contribution >= 4 is 23.4 Å². The zero-order valence-corrected chi connectivity index (χ0v) is 9.37. The van der Waals surface area contributed by atoms with E-state index in [9.17, 15) is 9.59 Å². The van der Waals surface area contributed by atoms with Crippen LogP contribution in [0.4, 0.5) is 0 Å². The van der Waals surface area contributed by atoms with Crippen LogP contribution in [0.3, 0.4) is 0 Å². The molecule has 1 fully saturated rings. The molecular formula is C12H11ClO3. The first kappa shape index (κ1) is 11.1. The zero-order chi connectivity index (χ0) is 11.5. The molecule has 1 saturated carbocycles. The Labute approximate surface area is 98.4 Å². The van der Waals surface area contributed by atoms with E-state index in [0.717, 1.165) is 12.8 Å². The number of ketones is 1. The maximum absolute atomic E-state index is 11.3. The average molecular weight is 239 g/mol. The Bertz CT molecular complexity index is 407. The molecule has 0 heterocycles. The van der Waals surface area contributed by atoms with Gasteiger partial charge in [-0.25, -0.2) is 0 Å². The monoisotopic (exact) mass is 238 g/mol. The molecule has 4 heteroatoms. The highest BCUT2D eigenvalue weighted by Crippen LogP contribution is 2.30. The fourth-order valence-electron chi connectivity index (χ4n) is 1.30. The van der Waals surface area contributed by atoms with Crippen LogP contribution >= 0.6 is 11.6 Å². The maximum Gasteiger partial charge on any atom is 0.314 e. The molecule has 0 aliphatic heterocycles. The molecule has 84 valence electrons. The van der Waals surface area contributed by atoms with Crippen LogP contribution < -0.4 is 4.74 Å². The minimum absolute atomic E-state index is 0.0405. The molecule has 1 aliphatic rings. The number of Topliss-reactive ketones (excluding diaryl/α,β-unsaturated/α-hetero) is 1. The van der Waals surface area contributed by atoms with Gasteiger partial charge in [-0.15, -0.1) is 11.6 Å². The van der Waals surface area contributed by atoms with E-state index in [1.165, 1.54) is 0 Å². The molecule has 0 bridgehead atoms. The Morgan fingerprint density at radius 3 is 2.38 bits per heavy atom. The molecule has 0 unspecified atom stereocenters. The van der Waals surface area contributed by atoms with Gasteiger partial charge in [-0.05, 0) is 37.1 Å². The van der Waals surface area contributed by atoms with E-state index in [4.69, 9.17) is 16.3 Å². The summed E-state index contributed by atoms with van der Waals surface area (Å²) in [6.45, 7) is 0. The lowest BCUT2D eigenvalue weighted by molar-refractivity contribution is -0.135. The normalized spacial score (nSPS) is 14.6. The number of ether oxygens (including phenoxy) is 1. The third kappa shape index (κ3) is 2.61. The molecule has 0 N–H and O–H groups in total. The quantitative estimate of drug-likeness (QED) is 0.350. The van der Waals surface area contributed by atoms with Crippen LogP contribution in [0, 0.1) is 5.92 Å². The van der Waals surface area contributed by atoms with Gasteiger partial charge >= 0.3 is 5.97 Å². The van der Waals surface area contributed by atoms with E-state index in [2.05, 4.69) is 0 Å². The first-order valence-electron chi connectivity index (χ1n) is 5.11. The van der Waals surface area contributed by atoms with Crippen LogP contribution in [0.1, 0.15) is 23.2 Å². The number of halogens is 1. The Balaban J connectivity index is 2.01. The minimum Gasteiger partial charge on any atom is -0.426 e. The van der Waals surface area contributed by atoms with Gasteiger partial charge in [-0.1, -0.05) is 0 Å². The van der Waals surface area contributed by atoms with Crippen LogP contribution in [-0.2, 0) is 4.79 Å². The van der Waals surface area contributed by atoms with Gasteiger partial charge in [0.25, 0.3) is 0 Å². The smallest absolute Gasteiger partial charge is 0.314 e. The van der Waals surface area contributed by atoms with Crippen molar-refractivity contribution in [3.8, 4) is 5.75 Å². The Morgan fingerprint density at radius 2 is 1.88 bits per heavy atom. The predicted octanol–water partition coefficient (Wildman–Crippen LogP) is 2.42. The summed E-state index contributed by atoms with van der Waals surface area (Å²) < 4.78 is 5.12. The molecule has 1 aromatic carbocycles. The van der Waals surface area contributed by atoms with Crippen LogP contribution in [0.5, 0.6) is 5.75 Å². The number of benzene rings is 1. The molecule has 0 saturated heterocycles. The van der Waals surface area contributed by atoms with Crippen molar-refractivity contribution in [2.45, 2.75) is 12.8 Å². The molecule has 16 heavy (non-hydrogen) atoms. The van der Waals surface area contributed by atoms with Crippen molar-refractivity contribution in [1.82, 2.24) is 0 Å². The molecule has 3 nitrogen and oxygen atoms in total. The molecule has 2 rings (SSSR count). The number of carbonyl (C=O) groups excluding carboxylic acids is 2. The Hall–Kier alpha value is -1.35. The van der Waals surface area contributed by atoms with Crippen LogP contribution in [0.2, 0.25) is 0 Å². The molecule has 0 radical (unpaired) electrons. The van der Waals surface area contributed by atoms with E-state index in [-0.39, 0.29) is 23.6 Å². The molecule has 0 amide bonds. The lowest BCUT2D eigenvalue weighted by Crippen LogP contribution is -2.09. The van der Waals surface area contributed by atoms with Crippen LogP contribution in [0.15, 0.2) is 24.3 Å². The highest BCUT2D eigenvalue weighted by Gasteiger charge is 2.31. The van der Waals surface area contributed by atoms with Gasteiger partial charge < -0.3 is 4.74 Å². The number of alkyl halides is 1. The minimum atomic E-state index is -0.184. The summed E-state index contributed by atoms with van der Waals surface area (Å²) in [5, 5.41) is 0. The molecule has 1 aliphatic carbocycles. The van der Waals surface area contributed by atoms with Gasteiger partial charge in [0.1, 0.15) is 5.75 Å². The van der Waals surface area contributed by atoms with E-state index < -0.39 is 0 Å². The van der Waals surface area contributed by atoms with E-state index >= 15 is 0 Å². The van der Waals surface area contributed by atoms with Crippen molar-refractivity contribution in [2.24, 2.45) is 5.92 Å². The number of hydrogen-bond donors (Lipinski definition) is 0. The summed E-state index contributed by atoms with van der Waals surface area (Å²) in [5.74, 6) is 0.187. The van der Waals surface area contributed by atoms with Gasteiger partial charge in [-0.2, -0.15) is 0 Å². The SMILES string of the molecule is O=C(CCl)c1ccc(OC(=O)C2CC2)cc1. The second-order valence-corrected chi connectivity index (χ2v) is 4.04. The first-order valence-corrected chi connectivity index (χ1v) is 5.65. The topological polar surface area (TPSA) is 43.4 Å². The van der Waals surface area contributed by atoms with Gasteiger partial charge in [-0.3, -0.25) is 9.59 Å². The third-order valence-electron chi connectivity index (χ3n) is 2.43. The molecule has 0 atom stereocenters. The fraction of sp³-hybridized carbons (Fsp3) is 0.333. The van der Waals surface area contributed by atoms with Gasteiger partial charge in [0, 0.05) is 5.56 Å². The summed E-state index contributed by atoms with van der Waals surface area (Å²) in [4.78, 5) is 22.6. The Kier molecular flexibility index (Phi) is 3.25. The number of rotatable bonds is 4. The van der Waals surface area contributed by atoms with Gasteiger partial charge in [0.05, 0.1) is 11.8 Å². The van der Waals surface area contributed by atoms with Crippen molar-refractivity contribution in [2.75, 3.05) is 5.88 Å². The predicted molar refractivity (Wildman–Crippen MR) is 59.9 cm³/mol. The third-order valence-corrected chi connectivity index (χ3v) is 2.67. The summed E-state index contributed by atoms with van der Waals surface area (Å²) >= 11 is 5.43. The van der Waals surface area contributed by atoms with Crippen molar-refractivity contribution < 1.29 is 14.3 Å². The second kappa shape index (κ2) is 4.66. The molecular weight excluding hydrogens is 228 g/mol. The lowest BCUT2D eigenvalue weighted by Gasteiger charge is -2.03. The summed E-state index contributed by atoms with van der Waals surface area (Å²) in [6, 6.07) is 6.45. The largest absolute Gasteiger partial charge is 0.426 e. The fourth-order valence-corrected chi connectivity index (χ4v) is 1.46. The highest BCUT2D eigenvalue weighted by molar-refractivity contribution is 6.30.